The van der Waals surface area contributed by atoms with Gasteiger partial charge < -0.3 is 30.6 Å². The molecule has 9 heteroatoms. The van der Waals surface area contributed by atoms with Gasteiger partial charge in [0.05, 0.1) is 44.1 Å². The number of nitrogens with two attached hydrogens (primary N) is 1. The van der Waals surface area contributed by atoms with Crippen LogP contribution in [0, 0.1) is 5.92 Å². The number of ether oxygens (including phenoxy) is 3. The van der Waals surface area contributed by atoms with Gasteiger partial charge in [0.15, 0.2) is 0 Å². The summed E-state index contributed by atoms with van der Waals surface area (Å²) in [5.74, 6) is -0.371. The molecule has 0 aliphatic heterocycles. The van der Waals surface area contributed by atoms with Crippen molar-refractivity contribution in [3.63, 3.8) is 0 Å². The molecule has 0 aromatic carbocycles. The van der Waals surface area contributed by atoms with E-state index >= 15 is 0 Å². The number of carbonyl (C=O) groups is 2. The number of amides is 2. The zero-order valence-corrected chi connectivity index (χ0v) is 16.9. The van der Waals surface area contributed by atoms with Crippen LogP contribution in [0.4, 0.5) is 0 Å². The van der Waals surface area contributed by atoms with Crippen LogP contribution in [0.2, 0.25) is 0 Å². The van der Waals surface area contributed by atoms with Crippen molar-refractivity contribution in [1.29, 1.82) is 0 Å². The lowest BCUT2D eigenvalue weighted by Crippen LogP contribution is -2.47. The van der Waals surface area contributed by atoms with Crippen LogP contribution >= 0.6 is 12.2 Å². The van der Waals surface area contributed by atoms with Gasteiger partial charge in [-0.15, -0.1) is 0 Å². The molecule has 152 valence electrons. The molecule has 0 spiro atoms. The summed E-state index contributed by atoms with van der Waals surface area (Å²) < 4.78 is 15.6. The van der Waals surface area contributed by atoms with Gasteiger partial charge in [-0.2, -0.15) is 0 Å². The van der Waals surface area contributed by atoms with Crippen LogP contribution in [0.3, 0.4) is 0 Å². The fourth-order valence-electron chi connectivity index (χ4n) is 2.04. The van der Waals surface area contributed by atoms with Crippen molar-refractivity contribution in [1.82, 2.24) is 10.6 Å². The van der Waals surface area contributed by atoms with Crippen molar-refractivity contribution < 1.29 is 23.8 Å². The Kier molecular flexibility index (Phi) is 15.1. The Labute approximate surface area is 161 Å². The molecule has 4 N–H and O–H groups in total. The van der Waals surface area contributed by atoms with E-state index in [9.17, 15) is 9.59 Å². The Balaban J connectivity index is 4.04. The third kappa shape index (κ3) is 15.0. The minimum Gasteiger partial charge on any atom is -0.382 e. The number of primary amides is 1. The summed E-state index contributed by atoms with van der Waals surface area (Å²) in [6.45, 7) is 7.26. The molecule has 0 saturated heterocycles. The van der Waals surface area contributed by atoms with Crippen LogP contribution < -0.4 is 16.4 Å². The van der Waals surface area contributed by atoms with Gasteiger partial charge in [0.25, 0.3) is 0 Å². The van der Waals surface area contributed by atoms with Gasteiger partial charge in [-0.05, 0) is 12.3 Å². The lowest BCUT2D eigenvalue weighted by atomic mass is 10.0. The smallest absolute Gasteiger partial charge is 0.221 e. The van der Waals surface area contributed by atoms with E-state index in [0.717, 1.165) is 0 Å². The molecular weight excluding hydrogens is 358 g/mol. The van der Waals surface area contributed by atoms with E-state index in [2.05, 4.69) is 24.5 Å². The van der Waals surface area contributed by atoms with E-state index < -0.39 is 5.91 Å². The summed E-state index contributed by atoms with van der Waals surface area (Å²) in [7, 11) is 1.63. The summed E-state index contributed by atoms with van der Waals surface area (Å²) in [5, 5.41) is 5.97. The van der Waals surface area contributed by atoms with Crippen LogP contribution in [-0.2, 0) is 23.8 Å². The zero-order valence-electron chi connectivity index (χ0n) is 16.0. The molecule has 0 aromatic rings. The third-order valence-electron chi connectivity index (χ3n) is 3.31. The SMILES string of the molecule is COCCOCCOCCNC(=S)[C@H](CC(C)C)NC(=O)CCC(N)=O. The molecule has 26 heavy (non-hydrogen) atoms. The summed E-state index contributed by atoms with van der Waals surface area (Å²) >= 11 is 5.39. The second kappa shape index (κ2) is 15.9. The van der Waals surface area contributed by atoms with Crippen LogP contribution in [0.25, 0.3) is 0 Å². The maximum atomic E-state index is 11.9. The molecule has 1 atom stereocenters. The number of carbonyl (C=O) groups excluding carboxylic acids is 2. The predicted octanol–water partition coefficient (Wildman–Crippen LogP) is 0.379. The fraction of sp³-hybridized carbons (Fsp3) is 0.824. The quantitative estimate of drug-likeness (QED) is 0.258. The molecule has 0 fully saturated rings. The average molecular weight is 392 g/mol. The summed E-state index contributed by atoms with van der Waals surface area (Å²) in [6.07, 6.45) is 0.807. The standard InChI is InChI=1S/C17H33N3O5S/c1-13(2)12-14(20-16(22)5-4-15(18)21)17(26)19-6-7-24-10-11-25-9-8-23-3/h13-14H,4-12H2,1-3H3,(H2,18,21)(H,19,26)(H,20,22)/t14-/m0/s1. The van der Waals surface area contributed by atoms with E-state index in [0.29, 0.717) is 56.9 Å². The van der Waals surface area contributed by atoms with Crippen molar-refractivity contribution in [2.24, 2.45) is 11.7 Å². The molecule has 0 aliphatic rings. The van der Waals surface area contributed by atoms with Crippen LogP contribution in [0.15, 0.2) is 0 Å². The van der Waals surface area contributed by atoms with Crippen LogP contribution in [0.1, 0.15) is 33.1 Å². The maximum Gasteiger partial charge on any atom is 0.221 e. The minimum absolute atomic E-state index is 0.0285. The molecule has 0 aromatic heterocycles. The Morgan fingerprint density at radius 2 is 1.65 bits per heavy atom. The van der Waals surface area contributed by atoms with Crippen LogP contribution in [-0.4, -0.2) is 69.5 Å². The zero-order chi connectivity index (χ0) is 19.8. The minimum atomic E-state index is -0.496. The number of rotatable bonds is 16. The topological polar surface area (TPSA) is 112 Å². The average Bonchev–Trinajstić information content (AvgIpc) is 2.57. The van der Waals surface area contributed by atoms with E-state index in [1.807, 2.05) is 0 Å². The summed E-state index contributed by atoms with van der Waals surface area (Å²) in [5.41, 5.74) is 5.07. The summed E-state index contributed by atoms with van der Waals surface area (Å²) in [6, 6.07) is -0.275. The van der Waals surface area contributed by atoms with Gasteiger partial charge >= 0.3 is 0 Å². The highest BCUT2D eigenvalue weighted by molar-refractivity contribution is 7.80. The highest BCUT2D eigenvalue weighted by Gasteiger charge is 2.18. The lowest BCUT2D eigenvalue weighted by Gasteiger charge is -2.22. The first-order valence-electron chi connectivity index (χ1n) is 8.86. The Morgan fingerprint density at radius 3 is 2.23 bits per heavy atom. The number of thiocarbonyl (C=S) groups is 1. The van der Waals surface area contributed by atoms with Crippen molar-refractivity contribution in [3.8, 4) is 0 Å². The van der Waals surface area contributed by atoms with E-state index in [4.69, 9.17) is 32.2 Å². The van der Waals surface area contributed by atoms with E-state index in [-0.39, 0.29) is 24.8 Å². The van der Waals surface area contributed by atoms with Crippen LogP contribution in [0.5, 0.6) is 0 Å². The Morgan fingerprint density at radius 1 is 1.04 bits per heavy atom. The number of methoxy groups -OCH3 is 1. The van der Waals surface area contributed by atoms with Crippen molar-refractivity contribution in [3.05, 3.63) is 0 Å². The van der Waals surface area contributed by atoms with Crippen molar-refractivity contribution in [2.45, 2.75) is 39.2 Å². The fourth-order valence-corrected chi connectivity index (χ4v) is 2.30. The number of hydrogen-bond acceptors (Lipinski definition) is 6. The van der Waals surface area contributed by atoms with E-state index in [1.54, 1.807) is 7.11 Å². The van der Waals surface area contributed by atoms with Crippen molar-refractivity contribution >= 4 is 29.0 Å². The highest BCUT2D eigenvalue weighted by atomic mass is 32.1. The molecule has 0 rings (SSSR count). The number of hydrogen-bond donors (Lipinski definition) is 3. The first-order valence-corrected chi connectivity index (χ1v) is 9.27. The first-order chi connectivity index (χ1) is 12.4. The number of nitrogens with one attached hydrogen (secondary N) is 2. The largest absolute Gasteiger partial charge is 0.382 e. The molecule has 0 saturated carbocycles. The van der Waals surface area contributed by atoms with Gasteiger partial charge in [0.2, 0.25) is 11.8 Å². The van der Waals surface area contributed by atoms with Gasteiger partial charge in [0, 0.05) is 26.5 Å². The van der Waals surface area contributed by atoms with Gasteiger partial charge in [0.1, 0.15) is 0 Å². The third-order valence-corrected chi connectivity index (χ3v) is 3.74. The second-order valence-electron chi connectivity index (χ2n) is 6.22. The van der Waals surface area contributed by atoms with Gasteiger partial charge in [-0.3, -0.25) is 9.59 Å². The molecule has 0 bridgehead atoms. The summed E-state index contributed by atoms with van der Waals surface area (Å²) in [4.78, 5) is 23.3. The van der Waals surface area contributed by atoms with Gasteiger partial charge in [-0.25, -0.2) is 0 Å². The highest BCUT2D eigenvalue weighted by Crippen LogP contribution is 2.06. The molecule has 0 aliphatic carbocycles. The first kappa shape index (κ1) is 24.7. The molecular formula is C17H33N3O5S. The maximum absolute atomic E-state index is 11.9. The Bertz CT molecular complexity index is 421. The molecule has 2 amide bonds. The molecule has 0 unspecified atom stereocenters. The molecule has 8 nitrogen and oxygen atoms in total. The molecule has 0 heterocycles. The lowest BCUT2D eigenvalue weighted by molar-refractivity contribution is -0.125. The monoisotopic (exact) mass is 391 g/mol. The Hall–Kier alpha value is -1.29. The normalized spacial score (nSPS) is 12.0. The predicted molar refractivity (Wildman–Crippen MR) is 104 cm³/mol. The van der Waals surface area contributed by atoms with Crippen molar-refractivity contribution in [2.75, 3.05) is 46.7 Å². The van der Waals surface area contributed by atoms with E-state index in [1.165, 1.54) is 0 Å². The second-order valence-corrected chi connectivity index (χ2v) is 6.66. The molecule has 0 radical (unpaired) electrons. The van der Waals surface area contributed by atoms with Gasteiger partial charge in [-0.1, -0.05) is 26.1 Å².